The fourth-order valence-corrected chi connectivity index (χ4v) is 3.48. The van der Waals surface area contributed by atoms with E-state index in [1.165, 1.54) is 28.2 Å². The number of allylic oxidation sites excluding steroid dienone is 1. The van der Waals surface area contributed by atoms with Crippen molar-refractivity contribution in [2.24, 2.45) is 15.7 Å². The smallest absolute Gasteiger partial charge is 0.109 e. The Morgan fingerprint density at radius 2 is 1.71 bits per heavy atom. The van der Waals surface area contributed by atoms with Gasteiger partial charge in [0.2, 0.25) is 0 Å². The third-order valence-electron chi connectivity index (χ3n) is 3.96. The summed E-state index contributed by atoms with van der Waals surface area (Å²) >= 11 is 1.74. The topological polar surface area (TPSA) is 75.7 Å². The molecule has 1 fully saturated rings. The summed E-state index contributed by atoms with van der Waals surface area (Å²) in [6.07, 6.45) is 11.9. The maximum atomic E-state index is 4.85. The highest BCUT2D eigenvalue weighted by molar-refractivity contribution is 7.99. The van der Waals surface area contributed by atoms with Crippen molar-refractivity contribution >= 4 is 29.5 Å². The van der Waals surface area contributed by atoms with Gasteiger partial charge in [0.05, 0.1) is 0 Å². The number of benzene rings is 1. The normalized spacial score (nSPS) is 16.8. The zero-order chi connectivity index (χ0) is 20.0. The second kappa shape index (κ2) is 12.9. The number of nitrogens with zero attached hydrogens (tertiary/aromatic N) is 3. The van der Waals surface area contributed by atoms with Crippen LogP contribution in [0.1, 0.15) is 32.6 Å². The van der Waals surface area contributed by atoms with Crippen LogP contribution in [0.15, 0.2) is 80.3 Å². The van der Waals surface area contributed by atoms with Crippen LogP contribution in [0.5, 0.6) is 0 Å². The summed E-state index contributed by atoms with van der Waals surface area (Å²) in [6, 6.07) is 12.5. The molecule has 148 valence electrons. The van der Waals surface area contributed by atoms with Crippen molar-refractivity contribution < 1.29 is 0 Å². The van der Waals surface area contributed by atoms with Gasteiger partial charge in [0.1, 0.15) is 6.34 Å². The second-order valence-corrected chi connectivity index (χ2v) is 7.34. The quantitative estimate of drug-likeness (QED) is 0.541. The van der Waals surface area contributed by atoms with Crippen molar-refractivity contribution in [2.75, 3.05) is 18.9 Å². The molecule has 2 aromatic rings. The summed E-state index contributed by atoms with van der Waals surface area (Å²) in [4.78, 5) is 14.9. The van der Waals surface area contributed by atoms with E-state index in [4.69, 9.17) is 5.73 Å². The summed E-state index contributed by atoms with van der Waals surface area (Å²) in [7, 11) is 1.75. The first kappa shape index (κ1) is 21.9. The molecule has 5 nitrogen and oxygen atoms in total. The third-order valence-corrected chi connectivity index (χ3v) is 4.98. The first-order valence-electron chi connectivity index (χ1n) is 9.58. The van der Waals surface area contributed by atoms with Crippen molar-refractivity contribution in [1.29, 1.82) is 0 Å². The predicted molar refractivity (Wildman–Crippen MR) is 122 cm³/mol. The van der Waals surface area contributed by atoms with E-state index in [0.717, 1.165) is 30.8 Å². The number of anilines is 1. The van der Waals surface area contributed by atoms with Gasteiger partial charge in [-0.2, -0.15) is 0 Å². The Morgan fingerprint density at radius 3 is 2.39 bits per heavy atom. The van der Waals surface area contributed by atoms with Gasteiger partial charge >= 0.3 is 0 Å². The molecule has 3 N–H and O–H groups in total. The number of rotatable bonds is 5. The number of aliphatic imine (C=N–C) groups is 2. The fraction of sp³-hybridized carbons (Fsp3) is 0.318. The average molecular weight is 396 g/mol. The van der Waals surface area contributed by atoms with Gasteiger partial charge in [0.15, 0.2) is 0 Å². The third kappa shape index (κ3) is 7.66. The zero-order valence-electron chi connectivity index (χ0n) is 16.6. The van der Waals surface area contributed by atoms with Gasteiger partial charge < -0.3 is 11.1 Å². The van der Waals surface area contributed by atoms with E-state index in [1.807, 2.05) is 31.5 Å². The summed E-state index contributed by atoms with van der Waals surface area (Å²) in [5, 5.41) is 3.41. The standard InChI is InChI=1S/C20H22N4S.C2H7N/c1-21-15-24-20-5-3-2-4-16(20)14-23-17-6-8-18(9-7-17)25-19-10-12-22-13-11-19;1-2-3/h6-15,23H,2-5H2,1H3;2-3H2,1H3/b16-14+,21-15?,24-20?;. The van der Waals surface area contributed by atoms with Gasteiger partial charge in [0, 0.05) is 46.8 Å². The predicted octanol–water partition coefficient (Wildman–Crippen LogP) is 5.17. The van der Waals surface area contributed by atoms with Gasteiger partial charge in [-0.15, -0.1) is 0 Å². The summed E-state index contributed by atoms with van der Waals surface area (Å²) in [5.74, 6) is 0. The SMILES string of the molecule is CCN.CN=CN=C1CCCC/C1=C\Nc1ccc(Sc2ccncc2)cc1. The summed E-state index contributed by atoms with van der Waals surface area (Å²) in [6.45, 7) is 2.65. The van der Waals surface area contributed by atoms with E-state index in [9.17, 15) is 0 Å². The molecule has 1 aliphatic rings. The van der Waals surface area contributed by atoms with E-state index in [0.29, 0.717) is 0 Å². The summed E-state index contributed by atoms with van der Waals surface area (Å²) < 4.78 is 0. The molecule has 0 radical (unpaired) electrons. The number of hydrogen-bond acceptors (Lipinski definition) is 5. The largest absolute Gasteiger partial charge is 0.361 e. The molecule has 28 heavy (non-hydrogen) atoms. The van der Waals surface area contributed by atoms with Crippen LogP contribution in [0.25, 0.3) is 0 Å². The fourth-order valence-electron chi connectivity index (χ4n) is 2.68. The monoisotopic (exact) mass is 395 g/mol. The number of hydrogen-bond donors (Lipinski definition) is 2. The Labute approximate surface area is 172 Å². The molecule has 0 saturated heterocycles. The first-order chi connectivity index (χ1) is 13.8. The first-order valence-corrected chi connectivity index (χ1v) is 10.4. The molecule has 0 bridgehead atoms. The van der Waals surface area contributed by atoms with Crippen LogP contribution in [0.4, 0.5) is 5.69 Å². The van der Waals surface area contributed by atoms with Crippen molar-refractivity contribution in [3.63, 3.8) is 0 Å². The lowest BCUT2D eigenvalue weighted by Crippen LogP contribution is -2.11. The Bertz CT molecular complexity index is 782. The number of nitrogens with one attached hydrogen (secondary N) is 1. The van der Waals surface area contributed by atoms with Crippen LogP contribution in [-0.2, 0) is 0 Å². The molecule has 6 heteroatoms. The van der Waals surface area contributed by atoms with Gasteiger partial charge in [0.25, 0.3) is 0 Å². The van der Waals surface area contributed by atoms with Crippen molar-refractivity contribution in [3.8, 4) is 0 Å². The van der Waals surface area contributed by atoms with E-state index < -0.39 is 0 Å². The molecule has 1 aliphatic carbocycles. The lowest BCUT2D eigenvalue weighted by molar-refractivity contribution is 0.733. The highest BCUT2D eigenvalue weighted by Gasteiger charge is 2.12. The minimum atomic E-state index is 0.750. The second-order valence-electron chi connectivity index (χ2n) is 6.19. The van der Waals surface area contributed by atoms with Gasteiger partial charge in [-0.1, -0.05) is 18.7 Å². The van der Waals surface area contributed by atoms with Gasteiger partial charge in [-0.25, -0.2) is 4.99 Å². The molecule has 1 aromatic carbocycles. The van der Waals surface area contributed by atoms with Crippen LogP contribution in [0, 0.1) is 0 Å². The Kier molecular flexibility index (Phi) is 10.0. The number of aromatic nitrogens is 1. The van der Waals surface area contributed by atoms with Crippen molar-refractivity contribution in [2.45, 2.75) is 42.4 Å². The Balaban J connectivity index is 0.000000878. The van der Waals surface area contributed by atoms with Crippen LogP contribution in [-0.4, -0.2) is 30.6 Å². The maximum absolute atomic E-state index is 4.85. The van der Waals surface area contributed by atoms with Crippen molar-refractivity contribution in [1.82, 2.24) is 4.98 Å². The molecular weight excluding hydrogens is 366 g/mol. The average Bonchev–Trinajstić information content (AvgIpc) is 2.74. The molecule has 3 rings (SSSR count). The van der Waals surface area contributed by atoms with E-state index in [-0.39, 0.29) is 0 Å². The molecule has 0 unspecified atom stereocenters. The highest BCUT2D eigenvalue weighted by Crippen LogP contribution is 2.28. The minimum Gasteiger partial charge on any atom is -0.361 e. The van der Waals surface area contributed by atoms with Gasteiger partial charge in [-0.3, -0.25) is 9.98 Å². The molecule has 1 heterocycles. The van der Waals surface area contributed by atoms with E-state index >= 15 is 0 Å². The Morgan fingerprint density at radius 1 is 1.07 bits per heavy atom. The molecule has 0 atom stereocenters. The molecule has 0 aliphatic heterocycles. The number of pyridine rings is 1. The Hall–Kier alpha value is -2.44. The van der Waals surface area contributed by atoms with Crippen LogP contribution in [0.2, 0.25) is 0 Å². The van der Waals surface area contributed by atoms with Gasteiger partial charge in [-0.05, 0) is 74.2 Å². The van der Waals surface area contributed by atoms with Crippen LogP contribution < -0.4 is 11.1 Å². The summed E-state index contributed by atoms with van der Waals surface area (Å²) in [5.41, 5.74) is 8.36. The van der Waals surface area contributed by atoms with E-state index in [1.54, 1.807) is 25.1 Å². The lowest BCUT2D eigenvalue weighted by atomic mass is 9.93. The van der Waals surface area contributed by atoms with Crippen LogP contribution in [0.3, 0.4) is 0 Å². The molecule has 0 spiro atoms. The highest BCUT2D eigenvalue weighted by atomic mass is 32.2. The molecular formula is C22H29N5S. The number of nitrogens with two attached hydrogens (primary N) is 1. The molecule has 0 amide bonds. The van der Waals surface area contributed by atoms with Crippen LogP contribution >= 0.6 is 11.8 Å². The van der Waals surface area contributed by atoms with Crippen molar-refractivity contribution in [3.05, 3.63) is 60.6 Å². The lowest BCUT2D eigenvalue weighted by Gasteiger charge is -2.16. The minimum absolute atomic E-state index is 0.750. The molecule has 1 aromatic heterocycles. The maximum Gasteiger partial charge on any atom is 0.109 e. The molecule has 1 saturated carbocycles. The van der Waals surface area contributed by atoms with E-state index in [2.05, 4.69) is 50.8 Å². The zero-order valence-corrected chi connectivity index (χ0v) is 17.5.